The normalized spacial score (nSPS) is 8.77. The minimum absolute atomic E-state index is 0.750. The van der Waals surface area contributed by atoms with Gasteiger partial charge >= 0.3 is 0 Å². The van der Waals surface area contributed by atoms with E-state index in [1.807, 2.05) is 0 Å². The van der Waals surface area contributed by atoms with Crippen LogP contribution in [0.5, 0.6) is 0 Å². The molecule has 0 rings (SSSR count). The lowest BCUT2D eigenvalue weighted by Crippen LogP contribution is -2.21. The van der Waals surface area contributed by atoms with Gasteiger partial charge in [-0.3, -0.25) is 0 Å². The molecule has 0 aliphatic heterocycles. The van der Waals surface area contributed by atoms with Gasteiger partial charge in [-0.25, -0.2) is 0 Å². The number of nitrogens with zero attached hydrogens (tertiary/aromatic N) is 1. The van der Waals surface area contributed by atoms with E-state index in [4.69, 9.17) is 39.9 Å². The molecular formula is C8H20Cl3NO. The molecule has 0 saturated carbocycles. The molecular weight excluding hydrogens is 232 g/mol. The van der Waals surface area contributed by atoms with Crippen molar-refractivity contribution in [3.63, 3.8) is 0 Å². The molecule has 0 aromatic rings. The van der Waals surface area contributed by atoms with Crippen molar-refractivity contribution in [1.82, 2.24) is 4.90 Å². The third-order valence-corrected chi connectivity index (χ3v) is 1.34. The molecule has 0 unspecified atom stereocenters. The zero-order chi connectivity index (χ0) is 11.3. The number of hydrogen-bond donors (Lipinski definition) is 1. The second-order valence-corrected chi connectivity index (χ2v) is 3.85. The van der Waals surface area contributed by atoms with Crippen molar-refractivity contribution in [2.75, 3.05) is 26.7 Å². The fourth-order valence-corrected chi connectivity index (χ4v) is 0.671. The van der Waals surface area contributed by atoms with Gasteiger partial charge in [-0.15, -0.1) is 0 Å². The van der Waals surface area contributed by atoms with Gasteiger partial charge in [-0.1, -0.05) is 55.6 Å². The molecule has 0 saturated heterocycles. The Morgan fingerprint density at radius 1 is 0.923 bits per heavy atom. The van der Waals surface area contributed by atoms with Gasteiger partial charge in [0, 0.05) is 7.11 Å². The molecule has 0 radical (unpaired) electrons. The van der Waals surface area contributed by atoms with Gasteiger partial charge in [0.05, 0.1) is 0 Å². The molecule has 13 heavy (non-hydrogen) atoms. The maximum atomic E-state index is 7.00. The highest BCUT2D eigenvalue weighted by molar-refractivity contribution is 6.63. The van der Waals surface area contributed by atoms with Crippen LogP contribution < -0.4 is 0 Å². The predicted octanol–water partition coefficient (Wildman–Crippen LogP) is 2.94. The first-order valence-corrected chi connectivity index (χ1v) is 5.48. The smallest absolute Gasteiger partial charge is 0.180 e. The quantitative estimate of drug-likeness (QED) is 0.781. The van der Waals surface area contributed by atoms with Crippen LogP contribution in [0.4, 0.5) is 0 Å². The summed E-state index contributed by atoms with van der Waals surface area (Å²) in [6, 6.07) is 0. The van der Waals surface area contributed by atoms with Crippen molar-refractivity contribution in [2.24, 2.45) is 0 Å². The largest absolute Gasteiger partial charge is 0.400 e. The number of halogens is 3. The third kappa shape index (κ3) is 32.3. The maximum Gasteiger partial charge on any atom is 0.180 e. The van der Waals surface area contributed by atoms with Crippen molar-refractivity contribution < 1.29 is 5.11 Å². The molecule has 5 heteroatoms. The lowest BCUT2D eigenvalue weighted by atomic mass is 10.5. The second kappa shape index (κ2) is 18.5. The van der Waals surface area contributed by atoms with E-state index in [9.17, 15) is 0 Å². The zero-order valence-corrected chi connectivity index (χ0v) is 11.0. The van der Waals surface area contributed by atoms with Crippen LogP contribution in [-0.2, 0) is 0 Å². The van der Waals surface area contributed by atoms with Crippen LogP contribution in [0.2, 0.25) is 0 Å². The summed E-state index contributed by atoms with van der Waals surface area (Å²) >= 11 is 14.4. The van der Waals surface area contributed by atoms with Gasteiger partial charge in [0.15, 0.2) is 4.30 Å². The molecule has 0 aliphatic rings. The second-order valence-electron chi connectivity index (χ2n) is 1.87. The molecule has 0 fully saturated rings. The van der Waals surface area contributed by atoms with Crippen molar-refractivity contribution >= 4 is 34.8 Å². The molecule has 0 aliphatic carbocycles. The Balaban J connectivity index is -0.000000142. The Bertz CT molecular complexity index is 62.1. The first-order chi connectivity index (χ1) is 6.08. The molecule has 0 aromatic heterocycles. The summed E-state index contributed by atoms with van der Waals surface area (Å²) in [4.78, 5) is 2.38. The molecule has 0 aromatic carbocycles. The number of hydrogen-bond acceptors (Lipinski definition) is 2. The average molecular weight is 253 g/mol. The monoisotopic (exact) mass is 251 g/mol. The summed E-state index contributed by atoms with van der Waals surface area (Å²) < 4.78 is -0.750. The van der Waals surface area contributed by atoms with Crippen LogP contribution in [0.3, 0.4) is 0 Å². The Kier molecular flexibility index (Phi) is 27.6. The summed E-state index contributed by atoms with van der Waals surface area (Å²) in [6.45, 7) is 10.1. The standard InChI is InChI=1S/C6H15N.CHCl3.CH4O/c1-4-7(5-2)6-3;2-1(3)4;1-2/h4-6H2,1-3H3;1H;2H,1H3. The maximum absolute atomic E-state index is 7.00. The summed E-state index contributed by atoms with van der Waals surface area (Å²) in [5.41, 5.74) is 0. The van der Waals surface area contributed by atoms with E-state index in [0.29, 0.717) is 0 Å². The highest BCUT2D eigenvalue weighted by Gasteiger charge is 1.89. The van der Waals surface area contributed by atoms with Crippen molar-refractivity contribution in [3.8, 4) is 0 Å². The molecule has 0 bridgehead atoms. The van der Waals surface area contributed by atoms with Crippen molar-refractivity contribution in [2.45, 2.75) is 25.1 Å². The van der Waals surface area contributed by atoms with Crippen LogP contribution in [0, 0.1) is 0 Å². The fraction of sp³-hybridized carbons (Fsp3) is 1.00. The number of alkyl halides is 3. The van der Waals surface area contributed by atoms with E-state index in [-0.39, 0.29) is 0 Å². The fourth-order valence-electron chi connectivity index (χ4n) is 0.671. The van der Waals surface area contributed by atoms with Gasteiger partial charge in [0.25, 0.3) is 0 Å². The lowest BCUT2D eigenvalue weighted by molar-refractivity contribution is 0.321. The van der Waals surface area contributed by atoms with Gasteiger partial charge in [0.1, 0.15) is 0 Å². The van der Waals surface area contributed by atoms with Gasteiger partial charge in [-0.2, -0.15) is 0 Å². The summed E-state index contributed by atoms with van der Waals surface area (Å²) in [7, 11) is 1.00. The van der Waals surface area contributed by atoms with Crippen molar-refractivity contribution in [3.05, 3.63) is 0 Å². The topological polar surface area (TPSA) is 23.5 Å². The van der Waals surface area contributed by atoms with Crippen molar-refractivity contribution in [1.29, 1.82) is 0 Å². The van der Waals surface area contributed by atoms with Crippen LogP contribution in [0.15, 0.2) is 0 Å². The summed E-state index contributed by atoms with van der Waals surface area (Å²) in [5, 5.41) is 7.00. The van der Waals surface area contributed by atoms with E-state index in [1.165, 1.54) is 19.6 Å². The van der Waals surface area contributed by atoms with Gasteiger partial charge in [0.2, 0.25) is 0 Å². The SMILES string of the molecule is CCN(CC)CC.CO.ClC(Cl)Cl. The van der Waals surface area contributed by atoms with Gasteiger partial charge < -0.3 is 10.0 Å². The molecule has 0 heterocycles. The van der Waals surface area contributed by atoms with Crippen LogP contribution >= 0.6 is 34.8 Å². The minimum Gasteiger partial charge on any atom is -0.400 e. The highest BCUT2D eigenvalue weighted by atomic mass is 35.6. The molecule has 1 N–H and O–H groups in total. The molecule has 2 nitrogen and oxygen atoms in total. The summed E-state index contributed by atoms with van der Waals surface area (Å²) in [6.07, 6.45) is 0. The Morgan fingerprint density at radius 3 is 1.08 bits per heavy atom. The number of rotatable bonds is 3. The number of aliphatic hydroxyl groups is 1. The molecule has 0 amide bonds. The average Bonchev–Trinajstić information content (AvgIpc) is 2.10. The van der Waals surface area contributed by atoms with E-state index in [1.54, 1.807) is 0 Å². The van der Waals surface area contributed by atoms with E-state index >= 15 is 0 Å². The van der Waals surface area contributed by atoms with Crippen LogP contribution in [-0.4, -0.2) is 41.0 Å². The summed E-state index contributed by atoms with van der Waals surface area (Å²) in [5.74, 6) is 0. The molecule has 0 atom stereocenters. The Morgan fingerprint density at radius 2 is 1.08 bits per heavy atom. The van der Waals surface area contributed by atoms with Gasteiger partial charge in [-0.05, 0) is 19.6 Å². The third-order valence-electron chi connectivity index (χ3n) is 1.34. The van der Waals surface area contributed by atoms with E-state index < -0.39 is 4.30 Å². The van der Waals surface area contributed by atoms with E-state index in [0.717, 1.165) is 7.11 Å². The Labute approximate surface area is 96.8 Å². The molecule has 0 spiro atoms. The zero-order valence-electron chi connectivity index (χ0n) is 8.73. The lowest BCUT2D eigenvalue weighted by Gasteiger charge is -2.13. The number of aliphatic hydroxyl groups excluding tert-OH is 1. The predicted molar refractivity (Wildman–Crippen MR) is 63.0 cm³/mol. The van der Waals surface area contributed by atoms with Crippen LogP contribution in [0.25, 0.3) is 0 Å². The van der Waals surface area contributed by atoms with Crippen LogP contribution in [0.1, 0.15) is 20.8 Å². The van der Waals surface area contributed by atoms with E-state index in [2.05, 4.69) is 25.7 Å². The highest BCUT2D eigenvalue weighted by Crippen LogP contribution is 2.03. The minimum atomic E-state index is -0.750. The first-order valence-electron chi connectivity index (χ1n) is 4.17. The first kappa shape index (κ1) is 19.4. The Hall–Kier alpha value is 0.790. The molecule has 84 valence electrons.